The highest BCUT2D eigenvalue weighted by atomic mass is 16.5. The van der Waals surface area contributed by atoms with Gasteiger partial charge >= 0.3 is 0 Å². The lowest BCUT2D eigenvalue weighted by molar-refractivity contribution is 0.310. The molecule has 0 bridgehead atoms. The molecule has 0 amide bonds. The first kappa shape index (κ1) is 14.2. The Morgan fingerprint density at radius 1 is 1.21 bits per heavy atom. The van der Waals surface area contributed by atoms with E-state index in [4.69, 9.17) is 9.47 Å². The summed E-state index contributed by atoms with van der Waals surface area (Å²) in [5.41, 5.74) is 1.56. The van der Waals surface area contributed by atoms with E-state index >= 15 is 0 Å². The molecule has 1 aromatic rings. The lowest BCUT2D eigenvalue weighted by atomic mass is 10.0. The van der Waals surface area contributed by atoms with Crippen LogP contribution in [0.1, 0.15) is 45.1 Å². The highest BCUT2D eigenvalue weighted by Crippen LogP contribution is 2.31. The van der Waals surface area contributed by atoms with Crippen LogP contribution in [0.3, 0.4) is 0 Å². The smallest absolute Gasteiger partial charge is 0.161 e. The molecule has 2 rings (SSSR count). The largest absolute Gasteiger partial charge is 0.493 e. The van der Waals surface area contributed by atoms with Crippen LogP contribution in [0.25, 0.3) is 0 Å². The predicted octanol–water partition coefficient (Wildman–Crippen LogP) is 3.52. The van der Waals surface area contributed by atoms with Gasteiger partial charge in [-0.15, -0.1) is 0 Å². The number of benzene rings is 1. The number of hydrogen-bond donors (Lipinski definition) is 1. The second kappa shape index (κ2) is 6.29. The Morgan fingerprint density at radius 2 is 1.95 bits per heavy atom. The van der Waals surface area contributed by atoms with E-state index < -0.39 is 0 Å². The van der Waals surface area contributed by atoms with Crippen molar-refractivity contribution in [3.8, 4) is 11.5 Å². The van der Waals surface area contributed by atoms with Crippen LogP contribution in [-0.2, 0) is 6.54 Å². The van der Waals surface area contributed by atoms with E-state index in [1.165, 1.54) is 31.2 Å². The standard InChI is InChI=1S/C16H25NO2/c1-4-19-14-8-7-13(11-15(14)18-3)12-17-16(2)9-5-6-10-16/h7-8,11,17H,4-6,9-10,12H2,1-3H3. The molecule has 3 heteroatoms. The van der Waals surface area contributed by atoms with Crippen LogP contribution in [0.2, 0.25) is 0 Å². The molecule has 0 saturated heterocycles. The lowest BCUT2D eigenvalue weighted by Gasteiger charge is -2.25. The van der Waals surface area contributed by atoms with Crippen molar-refractivity contribution in [3.05, 3.63) is 23.8 Å². The number of methoxy groups -OCH3 is 1. The quantitative estimate of drug-likeness (QED) is 0.852. The zero-order chi connectivity index (χ0) is 13.7. The zero-order valence-corrected chi connectivity index (χ0v) is 12.3. The third-order valence-corrected chi connectivity index (χ3v) is 3.95. The highest BCUT2D eigenvalue weighted by Gasteiger charge is 2.27. The van der Waals surface area contributed by atoms with Gasteiger partial charge in [0.25, 0.3) is 0 Å². The van der Waals surface area contributed by atoms with Crippen LogP contribution in [0.15, 0.2) is 18.2 Å². The first-order chi connectivity index (χ1) is 9.17. The molecule has 1 fully saturated rings. The topological polar surface area (TPSA) is 30.5 Å². The maximum Gasteiger partial charge on any atom is 0.161 e. The van der Waals surface area contributed by atoms with Crippen molar-refractivity contribution < 1.29 is 9.47 Å². The molecule has 0 radical (unpaired) electrons. The summed E-state index contributed by atoms with van der Waals surface area (Å²) in [6, 6.07) is 6.17. The SMILES string of the molecule is CCOc1ccc(CNC2(C)CCCC2)cc1OC. The second-order valence-electron chi connectivity index (χ2n) is 5.54. The maximum atomic E-state index is 5.54. The van der Waals surface area contributed by atoms with E-state index in [2.05, 4.69) is 24.4 Å². The summed E-state index contributed by atoms with van der Waals surface area (Å²) in [5.74, 6) is 1.64. The van der Waals surface area contributed by atoms with E-state index in [0.29, 0.717) is 12.1 Å². The minimum Gasteiger partial charge on any atom is -0.493 e. The van der Waals surface area contributed by atoms with Gasteiger partial charge in [0.2, 0.25) is 0 Å². The summed E-state index contributed by atoms with van der Waals surface area (Å²) in [6.45, 7) is 5.85. The Morgan fingerprint density at radius 3 is 2.58 bits per heavy atom. The fourth-order valence-electron chi connectivity index (χ4n) is 2.74. The third kappa shape index (κ3) is 3.63. The number of nitrogens with one attached hydrogen (secondary N) is 1. The second-order valence-corrected chi connectivity index (χ2v) is 5.54. The summed E-state index contributed by atoms with van der Waals surface area (Å²) < 4.78 is 10.9. The van der Waals surface area contributed by atoms with Gasteiger partial charge in [0.05, 0.1) is 13.7 Å². The molecule has 3 nitrogen and oxygen atoms in total. The van der Waals surface area contributed by atoms with Gasteiger partial charge in [-0.25, -0.2) is 0 Å². The lowest BCUT2D eigenvalue weighted by Crippen LogP contribution is -2.38. The Bertz CT molecular complexity index is 411. The van der Waals surface area contributed by atoms with Crippen molar-refractivity contribution >= 4 is 0 Å². The predicted molar refractivity (Wildman–Crippen MR) is 77.9 cm³/mol. The molecule has 0 unspecified atom stereocenters. The van der Waals surface area contributed by atoms with Crippen molar-refractivity contribution in [2.75, 3.05) is 13.7 Å². The Kier molecular flexibility index (Phi) is 4.70. The zero-order valence-electron chi connectivity index (χ0n) is 12.3. The van der Waals surface area contributed by atoms with E-state index in [1.54, 1.807) is 7.11 Å². The summed E-state index contributed by atoms with van der Waals surface area (Å²) >= 11 is 0. The van der Waals surface area contributed by atoms with Crippen LogP contribution >= 0.6 is 0 Å². The Hall–Kier alpha value is -1.22. The van der Waals surface area contributed by atoms with Crippen molar-refractivity contribution in [2.24, 2.45) is 0 Å². The fourth-order valence-corrected chi connectivity index (χ4v) is 2.74. The average molecular weight is 263 g/mol. The molecule has 106 valence electrons. The van der Waals surface area contributed by atoms with Crippen molar-refractivity contribution in [3.63, 3.8) is 0 Å². The number of rotatable bonds is 6. The first-order valence-electron chi connectivity index (χ1n) is 7.21. The molecule has 0 spiro atoms. The molecule has 0 heterocycles. The minimum atomic E-state index is 0.311. The monoisotopic (exact) mass is 263 g/mol. The Balaban J connectivity index is 2.00. The van der Waals surface area contributed by atoms with Crippen molar-refractivity contribution in [2.45, 2.75) is 51.6 Å². The highest BCUT2D eigenvalue weighted by molar-refractivity contribution is 5.43. The van der Waals surface area contributed by atoms with Gasteiger partial charge in [-0.2, -0.15) is 0 Å². The molecule has 1 N–H and O–H groups in total. The first-order valence-corrected chi connectivity index (χ1v) is 7.21. The fraction of sp³-hybridized carbons (Fsp3) is 0.625. The van der Waals surface area contributed by atoms with E-state index in [9.17, 15) is 0 Å². The molecular weight excluding hydrogens is 238 g/mol. The number of ether oxygens (including phenoxy) is 2. The summed E-state index contributed by atoms with van der Waals surface area (Å²) in [5, 5.41) is 3.68. The summed E-state index contributed by atoms with van der Waals surface area (Å²) in [6.07, 6.45) is 5.24. The van der Waals surface area contributed by atoms with E-state index in [1.807, 2.05) is 13.0 Å². The van der Waals surface area contributed by atoms with Crippen molar-refractivity contribution in [1.29, 1.82) is 0 Å². The van der Waals surface area contributed by atoms with Crippen LogP contribution < -0.4 is 14.8 Å². The van der Waals surface area contributed by atoms with Crippen molar-refractivity contribution in [1.82, 2.24) is 5.32 Å². The number of hydrogen-bond acceptors (Lipinski definition) is 3. The van der Waals surface area contributed by atoms with E-state index in [0.717, 1.165) is 18.0 Å². The summed E-state index contributed by atoms with van der Waals surface area (Å²) in [7, 11) is 1.69. The van der Waals surface area contributed by atoms with Crippen LogP contribution in [0.5, 0.6) is 11.5 Å². The summed E-state index contributed by atoms with van der Waals surface area (Å²) in [4.78, 5) is 0. The molecule has 1 saturated carbocycles. The van der Waals surface area contributed by atoms with Crippen LogP contribution in [0, 0.1) is 0 Å². The normalized spacial score (nSPS) is 17.4. The van der Waals surface area contributed by atoms with E-state index in [-0.39, 0.29) is 0 Å². The molecule has 0 atom stereocenters. The van der Waals surface area contributed by atoms with Crippen LogP contribution in [0.4, 0.5) is 0 Å². The van der Waals surface area contributed by atoms with Gasteiger partial charge in [-0.3, -0.25) is 0 Å². The molecule has 0 aromatic heterocycles. The van der Waals surface area contributed by atoms with Gasteiger partial charge in [0.1, 0.15) is 0 Å². The third-order valence-electron chi connectivity index (χ3n) is 3.95. The minimum absolute atomic E-state index is 0.311. The van der Waals surface area contributed by atoms with Gasteiger partial charge in [0.15, 0.2) is 11.5 Å². The maximum absolute atomic E-state index is 5.54. The Labute approximate surface area is 116 Å². The average Bonchev–Trinajstić information content (AvgIpc) is 2.85. The molecule has 1 aliphatic rings. The molecule has 0 aliphatic heterocycles. The molecule has 1 aromatic carbocycles. The van der Waals surface area contributed by atoms with Gasteiger partial charge in [-0.1, -0.05) is 18.9 Å². The van der Waals surface area contributed by atoms with Gasteiger partial charge in [-0.05, 0) is 44.4 Å². The molecular formula is C16H25NO2. The van der Waals surface area contributed by atoms with Crippen LogP contribution in [-0.4, -0.2) is 19.3 Å². The molecule has 1 aliphatic carbocycles. The van der Waals surface area contributed by atoms with Gasteiger partial charge < -0.3 is 14.8 Å². The van der Waals surface area contributed by atoms with Gasteiger partial charge in [0, 0.05) is 12.1 Å². The molecule has 19 heavy (non-hydrogen) atoms.